The molecule has 0 bridgehead atoms. The molecule has 2 N–H and O–H groups in total. The smallest absolute Gasteiger partial charge is 0.479 e. The van der Waals surface area contributed by atoms with Gasteiger partial charge in [0.1, 0.15) is 6.10 Å². The molecule has 1 aromatic carbocycles. The Morgan fingerprint density at radius 3 is 2.42 bits per heavy atom. The van der Waals surface area contributed by atoms with E-state index in [-0.39, 0.29) is 19.4 Å². The number of ether oxygens (including phenoxy) is 2. The van der Waals surface area contributed by atoms with Gasteiger partial charge in [-0.3, -0.25) is 4.79 Å². The maximum absolute atomic E-state index is 12.6. The van der Waals surface area contributed by atoms with Crippen LogP contribution in [0.5, 0.6) is 0 Å². The summed E-state index contributed by atoms with van der Waals surface area (Å²) in [6.45, 7) is 5.39. The van der Waals surface area contributed by atoms with Crippen LogP contribution >= 0.6 is 0 Å². The van der Waals surface area contributed by atoms with Gasteiger partial charge in [0.2, 0.25) is 0 Å². The number of carbonyl (C=O) groups is 3. The number of rotatable bonds is 5. The van der Waals surface area contributed by atoms with Crippen LogP contribution in [0.3, 0.4) is 0 Å². The fourth-order valence-electron chi connectivity index (χ4n) is 2.98. The van der Waals surface area contributed by atoms with Crippen molar-refractivity contribution in [1.82, 2.24) is 5.32 Å². The van der Waals surface area contributed by atoms with Crippen LogP contribution in [-0.4, -0.2) is 41.4 Å². The predicted octanol–water partition coefficient (Wildman–Crippen LogP) is 2.91. The van der Waals surface area contributed by atoms with Crippen molar-refractivity contribution in [2.24, 2.45) is 0 Å². The monoisotopic (exact) mass is 361 g/mol. The first-order chi connectivity index (χ1) is 12.3. The molecule has 0 fully saturated rings. The lowest BCUT2D eigenvalue weighted by Gasteiger charge is -2.41. The van der Waals surface area contributed by atoms with E-state index < -0.39 is 29.7 Å². The van der Waals surface area contributed by atoms with Gasteiger partial charge in [-0.1, -0.05) is 29.3 Å². The lowest BCUT2D eigenvalue weighted by atomic mass is 9.76. The number of carboxylic acids is 1. The van der Waals surface area contributed by atoms with Gasteiger partial charge in [0.25, 0.3) is 5.91 Å². The highest BCUT2D eigenvalue weighted by Crippen LogP contribution is 2.35. The molecule has 7 heteroatoms. The molecule has 0 unspecified atom stereocenters. The molecule has 0 spiro atoms. The van der Waals surface area contributed by atoms with Crippen LogP contribution in [0.15, 0.2) is 41.5 Å². The first-order valence-corrected chi connectivity index (χ1v) is 8.39. The maximum Gasteiger partial charge on any atom is 0.508 e. The van der Waals surface area contributed by atoms with Crippen LogP contribution in [0.2, 0.25) is 0 Å². The highest BCUT2D eigenvalue weighted by atomic mass is 16.7. The molecule has 1 aliphatic carbocycles. The average molecular weight is 361 g/mol. The number of carboxylic acid groups (broad SMARTS) is 1. The standard InChI is InChI=1S/C19H23NO6/c1-4-25-18(24)26-15-10-12(2)13(3)11-19(15,17(22)23)20-16(21)14-8-6-5-7-9-14/h5-9,15H,4,10-11H2,1-3H3,(H,20,21)(H,22,23)/t15-,19+/m0/s1. The van der Waals surface area contributed by atoms with E-state index in [2.05, 4.69) is 5.32 Å². The van der Waals surface area contributed by atoms with Crippen molar-refractivity contribution >= 4 is 18.0 Å². The topological polar surface area (TPSA) is 102 Å². The molecule has 26 heavy (non-hydrogen) atoms. The first kappa shape index (κ1) is 19.5. The largest absolute Gasteiger partial charge is 0.508 e. The van der Waals surface area contributed by atoms with Crippen LogP contribution in [0, 0.1) is 0 Å². The number of aliphatic carboxylic acids is 1. The Kier molecular flexibility index (Phi) is 6.02. The molecule has 0 radical (unpaired) electrons. The minimum Gasteiger partial charge on any atom is -0.479 e. The normalized spacial score (nSPS) is 22.5. The molecular weight excluding hydrogens is 338 g/mol. The molecule has 1 aliphatic rings. The lowest BCUT2D eigenvalue weighted by molar-refractivity contribution is -0.151. The van der Waals surface area contributed by atoms with E-state index in [9.17, 15) is 19.5 Å². The van der Waals surface area contributed by atoms with Crippen molar-refractivity contribution in [2.45, 2.75) is 45.3 Å². The zero-order valence-corrected chi connectivity index (χ0v) is 15.1. The number of amides is 1. The summed E-state index contributed by atoms with van der Waals surface area (Å²) in [5, 5.41) is 12.5. The molecular formula is C19H23NO6. The maximum atomic E-state index is 12.6. The Morgan fingerprint density at radius 2 is 1.85 bits per heavy atom. The quantitative estimate of drug-likeness (QED) is 0.618. The lowest BCUT2D eigenvalue weighted by Crippen LogP contribution is -2.64. The Balaban J connectivity index is 2.38. The third-order valence-electron chi connectivity index (χ3n) is 4.57. The van der Waals surface area contributed by atoms with Crippen LogP contribution in [0.4, 0.5) is 4.79 Å². The van der Waals surface area contributed by atoms with E-state index in [0.29, 0.717) is 5.56 Å². The first-order valence-electron chi connectivity index (χ1n) is 8.39. The van der Waals surface area contributed by atoms with Gasteiger partial charge < -0.3 is 19.9 Å². The molecule has 0 saturated carbocycles. The highest BCUT2D eigenvalue weighted by Gasteiger charge is 2.52. The molecule has 1 aromatic rings. The second kappa shape index (κ2) is 8.03. The second-order valence-electron chi connectivity index (χ2n) is 6.33. The average Bonchev–Trinajstić information content (AvgIpc) is 2.60. The minimum atomic E-state index is -1.76. The molecule has 1 amide bonds. The molecule has 0 aromatic heterocycles. The minimum absolute atomic E-state index is 0.0385. The summed E-state index contributed by atoms with van der Waals surface area (Å²) in [6.07, 6.45) is -1.79. The van der Waals surface area contributed by atoms with Crippen molar-refractivity contribution in [3.8, 4) is 0 Å². The fourth-order valence-corrected chi connectivity index (χ4v) is 2.98. The van der Waals surface area contributed by atoms with Gasteiger partial charge in [0, 0.05) is 18.4 Å². The summed E-state index contributed by atoms with van der Waals surface area (Å²) in [7, 11) is 0. The van der Waals surface area contributed by atoms with Crippen LogP contribution in [0.1, 0.15) is 44.0 Å². The van der Waals surface area contributed by atoms with Crippen molar-refractivity contribution < 1.29 is 29.0 Å². The molecule has 2 atom stereocenters. The Bertz CT molecular complexity index is 727. The van der Waals surface area contributed by atoms with E-state index in [4.69, 9.17) is 9.47 Å². The van der Waals surface area contributed by atoms with Crippen LogP contribution < -0.4 is 5.32 Å². The molecule has 0 saturated heterocycles. The summed E-state index contributed by atoms with van der Waals surface area (Å²) < 4.78 is 10.1. The van der Waals surface area contributed by atoms with Crippen molar-refractivity contribution in [1.29, 1.82) is 0 Å². The summed E-state index contributed by atoms with van der Waals surface area (Å²) in [5.74, 6) is -1.80. The zero-order valence-electron chi connectivity index (χ0n) is 15.1. The Hall–Kier alpha value is -2.83. The number of carbonyl (C=O) groups excluding carboxylic acids is 2. The van der Waals surface area contributed by atoms with Gasteiger partial charge in [-0.25, -0.2) is 9.59 Å². The van der Waals surface area contributed by atoms with Gasteiger partial charge in [-0.2, -0.15) is 0 Å². The summed E-state index contributed by atoms with van der Waals surface area (Å²) in [6, 6.07) is 8.30. The molecule has 140 valence electrons. The van der Waals surface area contributed by atoms with E-state index in [1.54, 1.807) is 37.3 Å². The number of hydrogen-bond donors (Lipinski definition) is 2. The zero-order chi connectivity index (χ0) is 19.3. The predicted molar refractivity (Wildman–Crippen MR) is 93.8 cm³/mol. The van der Waals surface area contributed by atoms with Gasteiger partial charge in [0.05, 0.1) is 6.61 Å². The molecule has 7 nitrogen and oxygen atoms in total. The van der Waals surface area contributed by atoms with Crippen molar-refractivity contribution in [3.05, 3.63) is 47.0 Å². The van der Waals surface area contributed by atoms with Gasteiger partial charge in [-0.05, 0) is 32.9 Å². The summed E-state index contributed by atoms with van der Waals surface area (Å²) in [4.78, 5) is 36.6. The summed E-state index contributed by atoms with van der Waals surface area (Å²) in [5.41, 5.74) is 0.324. The van der Waals surface area contributed by atoms with E-state index in [0.717, 1.165) is 11.1 Å². The SMILES string of the molecule is CCOC(=O)O[C@H]1CC(C)=C(C)C[C@]1(NC(=O)c1ccccc1)C(=O)O. The molecule has 2 rings (SSSR count). The van der Waals surface area contributed by atoms with Crippen molar-refractivity contribution in [3.63, 3.8) is 0 Å². The fraction of sp³-hybridized carbons (Fsp3) is 0.421. The van der Waals surface area contributed by atoms with E-state index >= 15 is 0 Å². The molecule has 0 heterocycles. The Morgan fingerprint density at radius 1 is 1.19 bits per heavy atom. The second-order valence-corrected chi connectivity index (χ2v) is 6.33. The van der Waals surface area contributed by atoms with Crippen LogP contribution in [0.25, 0.3) is 0 Å². The number of hydrogen-bond acceptors (Lipinski definition) is 5. The van der Waals surface area contributed by atoms with E-state index in [1.165, 1.54) is 0 Å². The number of nitrogens with one attached hydrogen (secondary N) is 1. The third-order valence-corrected chi connectivity index (χ3v) is 4.57. The van der Waals surface area contributed by atoms with Gasteiger partial charge >= 0.3 is 12.1 Å². The highest BCUT2D eigenvalue weighted by molar-refractivity contribution is 5.98. The van der Waals surface area contributed by atoms with E-state index in [1.807, 2.05) is 13.8 Å². The molecule has 0 aliphatic heterocycles. The van der Waals surface area contributed by atoms with Gasteiger partial charge in [0.15, 0.2) is 5.54 Å². The Labute approximate surface area is 152 Å². The third kappa shape index (κ3) is 4.04. The summed E-state index contributed by atoms with van der Waals surface area (Å²) >= 11 is 0. The van der Waals surface area contributed by atoms with Gasteiger partial charge in [-0.15, -0.1) is 0 Å². The number of benzene rings is 1. The van der Waals surface area contributed by atoms with Crippen molar-refractivity contribution in [2.75, 3.05) is 6.61 Å². The van der Waals surface area contributed by atoms with Crippen LogP contribution in [-0.2, 0) is 14.3 Å².